The summed E-state index contributed by atoms with van der Waals surface area (Å²) in [6, 6.07) is 12.8. The Labute approximate surface area is 154 Å². The molecule has 3 heterocycles. The fourth-order valence-electron chi connectivity index (χ4n) is 2.87. The number of carbonyl (C=O) groups excluding carboxylic acids is 1. The summed E-state index contributed by atoms with van der Waals surface area (Å²) in [7, 11) is 1.79. The van der Waals surface area contributed by atoms with Crippen molar-refractivity contribution in [3.05, 3.63) is 65.4 Å². The second kappa shape index (κ2) is 6.20. The zero-order valence-corrected chi connectivity index (χ0v) is 14.6. The van der Waals surface area contributed by atoms with Gasteiger partial charge in [-0.15, -0.1) is 5.10 Å². The van der Waals surface area contributed by atoms with Crippen LogP contribution < -0.4 is 11.1 Å². The number of halogens is 1. The molecule has 1 aromatic carbocycles. The molecule has 0 spiro atoms. The number of benzene rings is 1. The van der Waals surface area contributed by atoms with Crippen molar-refractivity contribution in [3.8, 4) is 11.1 Å². The molecule has 7 nitrogen and oxygen atoms in total. The van der Waals surface area contributed by atoms with E-state index < -0.39 is 0 Å². The molecule has 0 atom stereocenters. The van der Waals surface area contributed by atoms with E-state index in [9.17, 15) is 4.79 Å². The number of pyridine rings is 1. The highest BCUT2D eigenvalue weighted by molar-refractivity contribution is 6.30. The molecule has 0 saturated carbocycles. The first-order valence-electron chi connectivity index (χ1n) is 7.86. The van der Waals surface area contributed by atoms with Crippen molar-refractivity contribution in [2.75, 3.05) is 11.1 Å². The molecule has 0 bridgehead atoms. The van der Waals surface area contributed by atoms with E-state index in [0.717, 1.165) is 11.1 Å². The van der Waals surface area contributed by atoms with Crippen molar-refractivity contribution in [1.82, 2.24) is 19.4 Å². The third-order valence-corrected chi connectivity index (χ3v) is 4.23. The lowest BCUT2D eigenvalue weighted by Gasteiger charge is -2.05. The van der Waals surface area contributed by atoms with Crippen LogP contribution in [0, 0.1) is 0 Å². The van der Waals surface area contributed by atoms with Gasteiger partial charge in [0.15, 0.2) is 11.6 Å². The van der Waals surface area contributed by atoms with Crippen molar-refractivity contribution in [2.45, 2.75) is 0 Å². The van der Waals surface area contributed by atoms with E-state index >= 15 is 0 Å². The average molecular weight is 367 g/mol. The van der Waals surface area contributed by atoms with Gasteiger partial charge in [-0.1, -0.05) is 29.8 Å². The smallest absolute Gasteiger partial charge is 0.262 e. The molecule has 3 N–H and O–H groups in total. The number of aromatic nitrogens is 4. The summed E-state index contributed by atoms with van der Waals surface area (Å²) < 4.78 is 3.20. The van der Waals surface area contributed by atoms with Gasteiger partial charge >= 0.3 is 0 Å². The van der Waals surface area contributed by atoms with E-state index in [1.807, 2.05) is 36.5 Å². The summed E-state index contributed by atoms with van der Waals surface area (Å²) in [5.74, 6) is 0.217. The van der Waals surface area contributed by atoms with Crippen LogP contribution in [0.2, 0.25) is 5.02 Å². The van der Waals surface area contributed by atoms with E-state index in [4.69, 9.17) is 17.3 Å². The summed E-state index contributed by atoms with van der Waals surface area (Å²) in [4.78, 5) is 12.8. The van der Waals surface area contributed by atoms with Gasteiger partial charge in [-0.3, -0.25) is 9.48 Å². The number of hydrogen-bond acceptors (Lipinski definition) is 4. The lowest BCUT2D eigenvalue weighted by Crippen LogP contribution is -2.14. The van der Waals surface area contributed by atoms with E-state index in [1.165, 1.54) is 0 Å². The lowest BCUT2D eigenvalue weighted by atomic mass is 10.1. The highest BCUT2D eigenvalue weighted by Gasteiger charge is 2.20. The van der Waals surface area contributed by atoms with Crippen LogP contribution >= 0.6 is 11.6 Å². The normalized spacial score (nSPS) is 11.0. The van der Waals surface area contributed by atoms with E-state index in [1.54, 1.807) is 34.6 Å². The zero-order valence-electron chi connectivity index (χ0n) is 13.8. The molecule has 0 aliphatic heterocycles. The van der Waals surface area contributed by atoms with Gasteiger partial charge in [0, 0.05) is 30.0 Å². The SMILES string of the molecule is Cn1cc(-c2cccc(Cl)c2)c(NC(=O)c2c(N)nn3ccccc23)n1. The van der Waals surface area contributed by atoms with Crippen LogP contribution in [0.25, 0.3) is 16.6 Å². The number of fused-ring (bicyclic) bond motifs is 1. The Balaban J connectivity index is 1.74. The van der Waals surface area contributed by atoms with Crippen LogP contribution in [-0.4, -0.2) is 25.3 Å². The Morgan fingerprint density at radius 3 is 2.85 bits per heavy atom. The molecule has 0 fully saturated rings. The van der Waals surface area contributed by atoms with Crippen LogP contribution in [0.4, 0.5) is 11.6 Å². The molecule has 130 valence electrons. The Bertz CT molecular complexity index is 1130. The number of nitrogen functional groups attached to an aromatic ring is 1. The van der Waals surface area contributed by atoms with Gasteiger partial charge in [0.05, 0.1) is 5.52 Å². The number of nitrogens with two attached hydrogens (primary N) is 1. The highest BCUT2D eigenvalue weighted by Crippen LogP contribution is 2.29. The van der Waals surface area contributed by atoms with Crippen LogP contribution in [0.1, 0.15) is 10.4 Å². The minimum Gasteiger partial charge on any atom is -0.382 e. The Morgan fingerprint density at radius 2 is 2.04 bits per heavy atom. The fourth-order valence-corrected chi connectivity index (χ4v) is 3.06. The molecule has 0 unspecified atom stereocenters. The number of nitrogens with zero attached hydrogens (tertiary/aromatic N) is 4. The summed E-state index contributed by atoms with van der Waals surface area (Å²) in [5, 5.41) is 12.0. The molecule has 1 amide bonds. The van der Waals surface area contributed by atoms with Crippen LogP contribution in [-0.2, 0) is 7.05 Å². The number of carbonyl (C=O) groups is 1. The maximum atomic E-state index is 12.8. The minimum atomic E-state index is -0.370. The largest absolute Gasteiger partial charge is 0.382 e. The van der Waals surface area contributed by atoms with Gasteiger partial charge in [-0.25, -0.2) is 4.52 Å². The number of aryl methyl sites for hydroxylation is 1. The van der Waals surface area contributed by atoms with Crippen LogP contribution in [0.5, 0.6) is 0 Å². The molecule has 0 aliphatic carbocycles. The van der Waals surface area contributed by atoms with Gasteiger partial charge in [0.25, 0.3) is 5.91 Å². The Morgan fingerprint density at radius 1 is 1.19 bits per heavy atom. The van der Waals surface area contributed by atoms with Gasteiger partial charge in [-0.05, 0) is 29.8 Å². The predicted molar refractivity (Wildman–Crippen MR) is 101 cm³/mol. The van der Waals surface area contributed by atoms with E-state index in [2.05, 4.69) is 15.5 Å². The topological polar surface area (TPSA) is 90.2 Å². The zero-order chi connectivity index (χ0) is 18.3. The molecule has 4 aromatic rings. The second-order valence-corrected chi connectivity index (χ2v) is 6.26. The van der Waals surface area contributed by atoms with Crippen molar-refractivity contribution in [2.24, 2.45) is 7.05 Å². The van der Waals surface area contributed by atoms with Crippen LogP contribution in [0.3, 0.4) is 0 Å². The summed E-state index contributed by atoms with van der Waals surface area (Å²) in [5.41, 5.74) is 8.50. The first-order chi connectivity index (χ1) is 12.5. The first kappa shape index (κ1) is 16.2. The van der Waals surface area contributed by atoms with Crippen molar-refractivity contribution in [3.63, 3.8) is 0 Å². The maximum absolute atomic E-state index is 12.8. The summed E-state index contributed by atoms with van der Waals surface area (Å²) in [6.45, 7) is 0. The number of hydrogen-bond donors (Lipinski definition) is 2. The third-order valence-electron chi connectivity index (χ3n) is 3.99. The Kier molecular flexibility index (Phi) is 3.85. The van der Waals surface area contributed by atoms with Gasteiger partial charge < -0.3 is 11.1 Å². The molecule has 26 heavy (non-hydrogen) atoms. The molecule has 4 rings (SSSR count). The maximum Gasteiger partial charge on any atom is 0.262 e. The third kappa shape index (κ3) is 2.78. The molecule has 3 aromatic heterocycles. The average Bonchev–Trinajstić information content (AvgIpc) is 3.13. The molecular formula is C18H15ClN6O. The molecular weight excluding hydrogens is 352 g/mol. The number of nitrogens with one attached hydrogen (secondary N) is 1. The first-order valence-corrected chi connectivity index (χ1v) is 8.24. The van der Waals surface area contributed by atoms with Gasteiger partial charge in [0.1, 0.15) is 5.56 Å². The van der Waals surface area contributed by atoms with Crippen LogP contribution in [0.15, 0.2) is 54.9 Å². The fraction of sp³-hybridized carbons (Fsp3) is 0.0556. The molecule has 0 radical (unpaired) electrons. The molecule has 8 heteroatoms. The lowest BCUT2D eigenvalue weighted by molar-refractivity contribution is 0.102. The summed E-state index contributed by atoms with van der Waals surface area (Å²) in [6.07, 6.45) is 3.56. The second-order valence-electron chi connectivity index (χ2n) is 5.82. The van der Waals surface area contributed by atoms with Crippen molar-refractivity contribution >= 4 is 34.7 Å². The number of rotatable bonds is 3. The van der Waals surface area contributed by atoms with Gasteiger partial charge in [-0.2, -0.15) is 5.10 Å². The highest BCUT2D eigenvalue weighted by atomic mass is 35.5. The van der Waals surface area contributed by atoms with E-state index in [-0.39, 0.29) is 11.7 Å². The summed E-state index contributed by atoms with van der Waals surface area (Å²) >= 11 is 6.08. The van der Waals surface area contributed by atoms with Gasteiger partial charge in [0.2, 0.25) is 0 Å². The number of amides is 1. The monoisotopic (exact) mass is 366 g/mol. The predicted octanol–water partition coefficient (Wildman–Crippen LogP) is 3.22. The molecule has 0 aliphatic rings. The van der Waals surface area contributed by atoms with E-state index in [0.29, 0.717) is 21.9 Å². The quantitative estimate of drug-likeness (QED) is 0.582. The standard InChI is InChI=1S/C18H15ClN6O/c1-24-10-13(11-5-4-6-12(19)9-11)17(23-24)21-18(26)15-14-7-2-3-8-25(14)22-16(15)20/h2-10H,1H3,(H2,20,22)(H,21,23,26). The Hall–Kier alpha value is -3.32. The number of anilines is 2. The van der Waals surface area contributed by atoms with Crippen molar-refractivity contribution in [1.29, 1.82) is 0 Å². The minimum absolute atomic E-state index is 0.161. The molecule has 0 saturated heterocycles. The van der Waals surface area contributed by atoms with Crippen molar-refractivity contribution < 1.29 is 4.79 Å².